The highest BCUT2D eigenvalue weighted by atomic mass is 16.1. The maximum atomic E-state index is 11.5. The Kier molecular flexibility index (Phi) is 3.76. The summed E-state index contributed by atoms with van der Waals surface area (Å²) in [6.07, 6.45) is 0.485. The molecule has 1 heterocycles. The van der Waals surface area contributed by atoms with E-state index in [2.05, 4.69) is 54.0 Å². The number of anilines is 1. The van der Waals surface area contributed by atoms with Crippen molar-refractivity contribution in [1.29, 1.82) is 0 Å². The number of nitrogens with one attached hydrogen (secondary N) is 2. The molecule has 3 rings (SSSR count). The average Bonchev–Trinajstić information content (AvgIpc) is 2.88. The number of likely N-dealkylation sites (N-methyl/N-ethyl adjacent to an activating group) is 1. The van der Waals surface area contributed by atoms with E-state index in [0.717, 1.165) is 11.3 Å². The predicted octanol–water partition coefficient (Wildman–Crippen LogP) is 3.25. The van der Waals surface area contributed by atoms with E-state index in [0.29, 0.717) is 12.3 Å². The number of hydrogen-bond donors (Lipinski definition) is 2. The third kappa shape index (κ3) is 2.69. The molecule has 3 nitrogen and oxygen atoms in total. The van der Waals surface area contributed by atoms with Gasteiger partial charge in [0.2, 0.25) is 5.91 Å². The molecule has 0 aromatic heterocycles. The zero-order valence-corrected chi connectivity index (χ0v) is 12.4. The number of carbonyl (C=O) groups is 1. The number of hydrogen-bond acceptors (Lipinski definition) is 2. The highest BCUT2D eigenvalue weighted by molar-refractivity contribution is 5.99. The summed E-state index contributed by atoms with van der Waals surface area (Å²) in [7, 11) is 1.99. The number of benzene rings is 2. The second-order valence-corrected chi connectivity index (χ2v) is 5.61. The number of amides is 1. The van der Waals surface area contributed by atoms with Crippen molar-refractivity contribution in [1.82, 2.24) is 5.32 Å². The van der Waals surface area contributed by atoms with Gasteiger partial charge in [-0.3, -0.25) is 4.79 Å². The molecular formula is C18H20N2O. The normalized spacial score (nSPS) is 16.2. The summed E-state index contributed by atoms with van der Waals surface area (Å²) < 4.78 is 0. The van der Waals surface area contributed by atoms with E-state index >= 15 is 0 Å². The second-order valence-electron chi connectivity index (χ2n) is 5.61. The predicted molar refractivity (Wildman–Crippen MR) is 85.4 cm³/mol. The van der Waals surface area contributed by atoms with Crippen molar-refractivity contribution in [2.75, 3.05) is 12.4 Å². The van der Waals surface area contributed by atoms with Crippen molar-refractivity contribution in [2.45, 2.75) is 25.3 Å². The van der Waals surface area contributed by atoms with Crippen molar-refractivity contribution >= 4 is 11.6 Å². The lowest BCUT2D eigenvalue weighted by Crippen LogP contribution is -2.22. The minimum atomic E-state index is 0.0827. The number of fused-ring (bicyclic) bond motifs is 1. The van der Waals surface area contributed by atoms with Gasteiger partial charge in [0.05, 0.1) is 6.42 Å². The highest BCUT2D eigenvalue weighted by Gasteiger charge is 2.23. The van der Waals surface area contributed by atoms with Crippen LogP contribution in [0.2, 0.25) is 0 Å². The van der Waals surface area contributed by atoms with E-state index in [9.17, 15) is 4.79 Å². The summed E-state index contributed by atoms with van der Waals surface area (Å²) in [4.78, 5) is 11.5. The monoisotopic (exact) mass is 280 g/mol. The summed E-state index contributed by atoms with van der Waals surface area (Å²) in [5, 5.41) is 6.30. The zero-order chi connectivity index (χ0) is 14.8. The molecule has 2 aromatic rings. The summed E-state index contributed by atoms with van der Waals surface area (Å²) in [6, 6.07) is 17.0. The maximum Gasteiger partial charge on any atom is 0.228 e. The molecule has 1 aliphatic heterocycles. The van der Waals surface area contributed by atoms with Crippen LogP contribution in [0.3, 0.4) is 0 Å². The Morgan fingerprint density at radius 3 is 2.57 bits per heavy atom. The van der Waals surface area contributed by atoms with E-state index in [1.165, 1.54) is 11.1 Å². The minimum Gasteiger partial charge on any atom is -0.326 e. The molecule has 0 radical (unpaired) electrons. The second kappa shape index (κ2) is 5.70. The van der Waals surface area contributed by atoms with E-state index in [1.807, 2.05) is 19.2 Å². The van der Waals surface area contributed by atoms with Gasteiger partial charge in [-0.05, 0) is 29.8 Å². The van der Waals surface area contributed by atoms with Crippen LogP contribution in [0.1, 0.15) is 35.6 Å². The number of carbonyl (C=O) groups excluding carboxylic acids is 1. The van der Waals surface area contributed by atoms with Gasteiger partial charge in [-0.2, -0.15) is 0 Å². The van der Waals surface area contributed by atoms with Gasteiger partial charge in [0.25, 0.3) is 0 Å². The molecule has 0 bridgehead atoms. The van der Waals surface area contributed by atoms with Gasteiger partial charge in [-0.1, -0.05) is 49.4 Å². The Bertz CT molecular complexity index is 652. The van der Waals surface area contributed by atoms with E-state index in [4.69, 9.17) is 0 Å². The summed E-state index contributed by atoms with van der Waals surface area (Å²) >= 11 is 0. The molecule has 0 saturated carbocycles. The maximum absolute atomic E-state index is 11.5. The fraction of sp³-hybridized carbons (Fsp3) is 0.278. The van der Waals surface area contributed by atoms with Gasteiger partial charge in [0.1, 0.15) is 0 Å². The first kappa shape index (κ1) is 13.8. The molecule has 0 aliphatic carbocycles. The standard InChI is InChI=1S/C18H20N2O/c1-12(13-6-4-3-5-7-13)18(19-2)14-8-9-16-15(10-14)11-17(21)20-16/h3-10,12,18-19H,11H2,1-2H3,(H,20,21). The fourth-order valence-corrected chi connectivity index (χ4v) is 3.10. The molecule has 3 heteroatoms. The Morgan fingerprint density at radius 1 is 1.10 bits per heavy atom. The summed E-state index contributed by atoms with van der Waals surface area (Å²) in [5.41, 5.74) is 4.58. The van der Waals surface area contributed by atoms with Crippen LogP contribution < -0.4 is 10.6 Å². The Balaban J connectivity index is 1.90. The molecule has 2 atom stereocenters. The van der Waals surface area contributed by atoms with Crippen molar-refractivity contribution < 1.29 is 4.79 Å². The minimum absolute atomic E-state index is 0.0827. The van der Waals surface area contributed by atoms with Crippen LogP contribution in [0.25, 0.3) is 0 Å². The molecule has 1 aliphatic rings. The van der Waals surface area contributed by atoms with Crippen LogP contribution in [0, 0.1) is 0 Å². The third-order valence-corrected chi connectivity index (χ3v) is 4.25. The lowest BCUT2D eigenvalue weighted by molar-refractivity contribution is -0.115. The van der Waals surface area contributed by atoms with Crippen LogP contribution in [0.5, 0.6) is 0 Å². The zero-order valence-electron chi connectivity index (χ0n) is 12.4. The lowest BCUT2D eigenvalue weighted by Gasteiger charge is -2.25. The quantitative estimate of drug-likeness (QED) is 0.902. The number of rotatable bonds is 4. The molecule has 2 aromatic carbocycles. The van der Waals surface area contributed by atoms with Gasteiger partial charge in [0, 0.05) is 17.6 Å². The topological polar surface area (TPSA) is 41.1 Å². The molecule has 0 spiro atoms. The molecule has 0 fully saturated rings. The molecule has 2 unspecified atom stereocenters. The third-order valence-electron chi connectivity index (χ3n) is 4.25. The first-order chi connectivity index (χ1) is 10.2. The van der Waals surface area contributed by atoms with Gasteiger partial charge in [-0.25, -0.2) is 0 Å². The first-order valence-electron chi connectivity index (χ1n) is 7.34. The summed E-state index contributed by atoms with van der Waals surface area (Å²) in [5.74, 6) is 0.443. The molecule has 0 saturated heterocycles. The Labute approximate surface area is 125 Å². The smallest absolute Gasteiger partial charge is 0.228 e. The molecular weight excluding hydrogens is 260 g/mol. The fourth-order valence-electron chi connectivity index (χ4n) is 3.10. The SMILES string of the molecule is CNC(c1ccc2c(c1)CC(=O)N2)C(C)c1ccccc1. The van der Waals surface area contributed by atoms with Crippen molar-refractivity contribution in [3.63, 3.8) is 0 Å². The van der Waals surface area contributed by atoms with Crippen LogP contribution in [-0.4, -0.2) is 13.0 Å². The largest absolute Gasteiger partial charge is 0.326 e. The van der Waals surface area contributed by atoms with Crippen LogP contribution in [0.4, 0.5) is 5.69 Å². The van der Waals surface area contributed by atoms with Crippen LogP contribution >= 0.6 is 0 Å². The van der Waals surface area contributed by atoms with Gasteiger partial charge in [-0.15, -0.1) is 0 Å². The van der Waals surface area contributed by atoms with Crippen molar-refractivity contribution in [3.8, 4) is 0 Å². The van der Waals surface area contributed by atoms with Gasteiger partial charge < -0.3 is 10.6 Å². The van der Waals surface area contributed by atoms with E-state index < -0.39 is 0 Å². The summed E-state index contributed by atoms with van der Waals surface area (Å²) in [6.45, 7) is 2.23. The van der Waals surface area contributed by atoms with E-state index in [1.54, 1.807) is 0 Å². The van der Waals surface area contributed by atoms with Gasteiger partial charge >= 0.3 is 0 Å². The van der Waals surface area contributed by atoms with Gasteiger partial charge in [0.15, 0.2) is 0 Å². The Hall–Kier alpha value is -2.13. The molecule has 21 heavy (non-hydrogen) atoms. The lowest BCUT2D eigenvalue weighted by atomic mass is 9.88. The highest BCUT2D eigenvalue weighted by Crippen LogP contribution is 2.33. The van der Waals surface area contributed by atoms with Crippen LogP contribution in [-0.2, 0) is 11.2 Å². The Morgan fingerprint density at radius 2 is 1.86 bits per heavy atom. The molecule has 1 amide bonds. The average molecular weight is 280 g/mol. The van der Waals surface area contributed by atoms with Crippen LogP contribution in [0.15, 0.2) is 48.5 Å². The first-order valence-corrected chi connectivity index (χ1v) is 7.34. The van der Waals surface area contributed by atoms with E-state index in [-0.39, 0.29) is 11.9 Å². The van der Waals surface area contributed by atoms with Crippen molar-refractivity contribution in [2.24, 2.45) is 0 Å². The molecule has 108 valence electrons. The molecule has 2 N–H and O–H groups in total. The van der Waals surface area contributed by atoms with Crippen molar-refractivity contribution in [3.05, 3.63) is 65.2 Å².